The van der Waals surface area contributed by atoms with Gasteiger partial charge in [0.1, 0.15) is 0 Å². The van der Waals surface area contributed by atoms with E-state index in [0.717, 1.165) is 11.4 Å². The van der Waals surface area contributed by atoms with Crippen LogP contribution in [0.1, 0.15) is 0 Å². The Labute approximate surface area is 227 Å². The minimum atomic E-state index is 1.06. The zero-order valence-electron chi connectivity index (χ0n) is 20.9. The van der Waals surface area contributed by atoms with Gasteiger partial charge in [-0.2, -0.15) is 0 Å². The quantitative estimate of drug-likeness (QED) is 0.225. The SMILES string of the molecule is c1ccc(-n2c3ccccc3c3c4sc5ccccc5c4c4c5ccccc5n(-c5cccnc5)c4c32)cc1. The number of para-hydroxylation sites is 3. The van der Waals surface area contributed by atoms with E-state index in [1.165, 1.54) is 63.8 Å². The zero-order chi connectivity index (χ0) is 25.5. The fourth-order valence-corrected chi connectivity index (χ4v) is 7.75. The molecule has 0 aliphatic rings. The molecule has 0 spiro atoms. The summed E-state index contributed by atoms with van der Waals surface area (Å²) in [7, 11) is 0. The monoisotopic (exact) mass is 515 g/mol. The third-order valence-corrected chi connectivity index (χ3v) is 9.15. The first-order valence-electron chi connectivity index (χ1n) is 13.2. The van der Waals surface area contributed by atoms with Crippen LogP contribution >= 0.6 is 11.3 Å². The van der Waals surface area contributed by atoms with E-state index >= 15 is 0 Å². The molecule has 0 radical (unpaired) electrons. The van der Waals surface area contributed by atoms with Crippen molar-refractivity contribution in [3.8, 4) is 11.4 Å². The number of aromatic nitrogens is 3. The molecule has 0 unspecified atom stereocenters. The normalized spacial score (nSPS) is 12.1. The molecular formula is C35H21N3S. The fourth-order valence-electron chi connectivity index (χ4n) is 6.48. The Bertz CT molecular complexity index is 2370. The number of rotatable bonds is 2. The average Bonchev–Trinajstić information content (AvgIpc) is 3.66. The van der Waals surface area contributed by atoms with Crippen molar-refractivity contribution in [3.05, 3.63) is 128 Å². The summed E-state index contributed by atoms with van der Waals surface area (Å²) in [6.45, 7) is 0. The fraction of sp³-hybridized carbons (Fsp3) is 0. The second kappa shape index (κ2) is 7.79. The number of fused-ring (bicyclic) bond motifs is 12. The van der Waals surface area contributed by atoms with Crippen molar-refractivity contribution in [2.45, 2.75) is 0 Å². The van der Waals surface area contributed by atoms with Gasteiger partial charge in [0, 0.05) is 53.6 Å². The molecule has 0 amide bonds. The molecule has 9 aromatic rings. The van der Waals surface area contributed by atoms with Crippen LogP contribution in [-0.4, -0.2) is 14.1 Å². The van der Waals surface area contributed by atoms with Crippen molar-refractivity contribution in [2.75, 3.05) is 0 Å². The van der Waals surface area contributed by atoms with E-state index in [1.54, 1.807) is 0 Å². The summed E-state index contributed by atoms with van der Waals surface area (Å²) in [5.41, 5.74) is 7.08. The van der Waals surface area contributed by atoms with Gasteiger partial charge in [-0.05, 0) is 42.5 Å². The first-order chi connectivity index (χ1) is 19.4. The van der Waals surface area contributed by atoms with E-state index in [1.807, 2.05) is 29.8 Å². The maximum absolute atomic E-state index is 4.53. The van der Waals surface area contributed by atoms with Gasteiger partial charge in [0.2, 0.25) is 0 Å². The van der Waals surface area contributed by atoms with Gasteiger partial charge in [0.25, 0.3) is 0 Å². The molecule has 0 saturated heterocycles. The first-order valence-corrected chi connectivity index (χ1v) is 14.0. The predicted molar refractivity (Wildman–Crippen MR) is 166 cm³/mol. The third-order valence-electron chi connectivity index (χ3n) is 7.96. The van der Waals surface area contributed by atoms with Crippen LogP contribution in [0.3, 0.4) is 0 Å². The molecule has 0 fully saturated rings. The first kappa shape index (κ1) is 21.1. The number of hydrogen-bond donors (Lipinski definition) is 0. The van der Waals surface area contributed by atoms with E-state index < -0.39 is 0 Å². The van der Waals surface area contributed by atoms with Crippen LogP contribution in [0, 0.1) is 0 Å². The van der Waals surface area contributed by atoms with Gasteiger partial charge in [-0.15, -0.1) is 11.3 Å². The van der Waals surface area contributed by atoms with E-state index in [2.05, 4.69) is 123 Å². The Morgan fingerprint density at radius 2 is 1.08 bits per heavy atom. The average molecular weight is 516 g/mol. The summed E-state index contributed by atoms with van der Waals surface area (Å²) in [6.07, 6.45) is 3.82. The number of benzene rings is 5. The second-order valence-electron chi connectivity index (χ2n) is 10.0. The molecule has 9 rings (SSSR count). The van der Waals surface area contributed by atoms with Crippen LogP contribution in [0.25, 0.3) is 75.2 Å². The van der Waals surface area contributed by atoms with Crippen molar-refractivity contribution < 1.29 is 0 Å². The molecule has 4 heterocycles. The van der Waals surface area contributed by atoms with Crippen molar-refractivity contribution >= 4 is 75.1 Å². The third kappa shape index (κ3) is 2.73. The number of pyridine rings is 1. The Kier molecular flexibility index (Phi) is 4.21. The minimum Gasteiger partial charge on any atom is -0.307 e. The minimum absolute atomic E-state index is 1.06. The number of nitrogens with zero attached hydrogens (tertiary/aromatic N) is 3. The lowest BCUT2D eigenvalue weighted by molar-refractivity contribution is 1.13. The Morgan fingerprint density at radius 1 is 0.487 bits per heavy atom. The van der Waals surface area contributed by atoms with Crippen LogP contribution in [-0.2, 0) is 0 Å². The summed E-state index contributed by atoms with van der Waals surface area (Å²) < 4.78 is 7.54. The van der Waals surface area contributed by atoms with Gasteiger partial charge in [0.15, 0.2) is 0 Å². The molecule has 3 nitrogen and oxygen atoms in total. The summed E-state index contributed by atoms with van der Waals surface area (Å²) in [5, 5.41) is 7.80. The van der Waals surface area contributed by atoms with E-state index in [4.69, 9.17) is 0 Å². The molecule has 5 aromatic carbocycles. The van der Waals surface area contributed by atoms with Crippen LogP contribution in [0.5, 0.6) is 0 Å². The highest BCUT2D eigenvalue weighted by Crippen LogP contribution is 2.50. The number of hydrogen-bond acceptors (Lipinski definition) is 2. The zero-order valence-corrected chi connectivity index (χ0v) is 21.7. The Hall–Kier alpha value is -4.93. The maximum atomic E-state index is 4.53. The lowest BCUT2D eigenvalue weighted by Crippen LogP contribution is -1.99. The summed E-state index contributed by atoms with van der Waals surface area (Å²) >= 11 is 1.91. The smallest absolute Gasteiger partial charge is 0.0803 e. The van der Waals surface area contributed by atoms with Crippen LogP contribution < -0.4 is 0 Å². The van der Waals surface area contributed by atoms with Gasteiger partial charge in [-0.1, -0.05) is 72.8 Å². The molecule has 0 saturated carbocycles. The summed E-state index contributed by atoms with van der Waals surface area (Å²) in [4.78, 5) is 4.53. The lowest BCUT2D eigenvalue weighted by atomic mass is 10.0. The van der Waals surface area contributed by atoms with Gasteiger partial charge in [0.05, 0.1) is 34.0 Å². The largest absolute Gasteiger partial charge is 0.307 e. The van der Waals surface area contributed by atoms with Crippen molar-refractivity contribution in [1.29, 1.82) is 0 Å². The van der Waals surface area contributed by atoms with Crippen LogP contribution in [0.15, 0.2) is 128 Å². The molecule has 0 bridgehead atoms. The van der Waals surface area contributed by atoms with Gasteiger partial charge in [-0.3, -0.25) is 4.98 Å². The molecule has 0 N–H and O–H groups in total. The van der Waals surface area contributed by atoms with Crippen LogP contribution in [0.2, 0.25) is 0 Å². The highest BCUT2D eigenvalue weighted by atomic mass is 32.1. The molecule has 0 atom stereocenters. The highest BCUT2D eigenvalue weighted by molar-refractivity contribution is 7.27. The molecule has 4 heteroatoms. The van der Waals surface area contributed by atoms with E-state index in [9.17, 15) is 0 Å². The van der Waals surface area contributed by atoms with E-state index in [-0.39, 0.29) is 0 Å². The standard InChI is InChI=1S/C35H21N3S/c1-2-11-22(12-3-1)37-28-18-8-5-15-25(28)32-34(37)33-30(31-26-16-6-9-19-29(26)39-35(31)32)24-14-4-7-17-27(24)38(33)23-13-10-20-36-21-23/h1-21H. The predicted octanol–water partition coefficient (Wildman–Crippen LogP) is 9.64. The molecule has 39 heavy (non-hydrogen) atoms. The van der Waals surface area contributed by atoms with Crippen molar-refractivity contribution in [2.24, 2.45) is 0 Å². The van der Waals surface area contributed by atoms with E-state index in [0.29, 0.717) is 0 Å². The molecule has 4 aromatic heterocycles. The highest BCUT2D eigenvalue weighted by Gasteiger charge is 2.26. The van der Waals surface area contributed by atoms with Crippen molar-refractivity contribution in [3.63, 3.8) is 0 Å². The Balaban J connectivity index is 1.71. The summed E-state index contributed by atoms with van der Waals surface area (Å²) in [6, 6.07) is 41.5. The lowest BCUT2D eigenvalue weighted by Gasteiger charge is -2.12. The van der Waals surface area contributed by atoms with Crippen LogP contribution in [0.4, 0.5) is 0 Å². The van der Waals surface area contributed by atoms with Crippen molar-refractivity contribution in [1.82, 2.24) is 14.1 Å². The summed E-state index contributed by atoms with van der Waals surface area (Å²) in [5.74, 6) is 0. The maximum Gasteiger partial charge on any atom is 0.0803 e. The second-order valence-corrected chi connectivity index (χ2v) is 11.1. The Morgan fingerprint density at radius 3 is 1.82 bits per heavy atom. The number of thiophene rings is 1. The van der Waals surface area contributed by atoms with Gasteiger partial charge < -0.3 is 9.13 Å². The molecule has 0 aliphatic heterocycles. The topological polar surface area (TPSA) is 22.8 Å². The molecule has 182 valence electrons. The molecule has 0 aliphatic carbocycles. The van der Waals surface area contributed by atoms with Gasteiger partial charge in [-0.25, -0.2) is 0 Å². The molecular weight excluding hydrogens is 494 g/mol. The van der Waals surface area contributed by atoms with Gasteiger partial charge >= 0.3 is 0 Å².